The van der Waals surface area contributed by atoms with Crippen molar-refractivity contribution < 1.29 is 0 Å². The Morgan fingerprint density at radius 1 is 0.361 bits per heavy atom. The predicted octanol–water partition coefficient (Wildman–Crippen LogP) is 16.3. The van der Waals surface area contributed by atoms with E-state index in [2.05, 4.69) is 219 Å². The van der Waals surface area contributed by atoms with Crippen LogP contribution in [0.15, 0.2) is 200 Å². The Labute approximate surface area is 361 Å². The van der Waals surface area contributed by atoms with E-state index in [0.29, 0.717) is 0 Å². The molecule has 0 fully saturated rings. The van der Waals surface area contributed by atoms with E-state index in [9.17, 15) is 0 Å². The van der Waals surface area contributed by atoms with Crippen LogP contribution in [0.25, 0.3) is 64.7 Å². The normalized spacial score (nSPS) is 13.4. The van der Waals surface area contributed by atoms with Crippen LogP contribution in [0.4, 0.5) is 17.1 Å². The summed E-state index contributed by atoms with van der Waals surface area (Å²) in [6.07, 6.45) is 1.69. The highest BCUT2D eigenvalue weighted by atomic mass is 32.1. The SMILES string of the molecule is CC1(C)c2ccccc2-c2ccc(N(c3cccc(-c4ccc5sc6ccccc6c5c4)c3)c3ccc4c(c3)Cc3ccccc3-c3ccccc3Cc3ccccc3-4)cc21. The van der Waals surface area contributed by atoms with Gasteiger partial charge in [0.25, 0.3) is 0 Å². The van der Waals surface area contributed by atoms with Crippen LogP contribution in [0, 0.1) is 0 Å². The molecule has 2 heteroatoms. The zero-order chi connectivity index (χ0) is 40.7. The van der Waals surface area contributed by atoms with E-state index >= 15 is 0 Å². The van der Waals surface area contributed by atoms with Crippen molar-refractivity contribution in [1.82, 2.24) is 0 Å². The van der Waals surface area contributed by atoms with Crippen LogP contribution in [0.1, 0.15) is 47.2 Å². The molecule has 0 atom stereocenters. The third kappa shape index (κ3) is 5.89. The van der Waals surface area contributed by atoms with Gasteiger partial charge in [0.2, 0.25) is 0 Å². The lowest BCUT2D eigenvalue weighted by Crippen LogP contribution is -2.16. The van der Waals surface area contributed by atoms with E-state index in [4.69, 9.17) is 0 Å². The van der Waals surface area contributed by atoms with Crippen molar-refractivity contribution in [3.8, 4) is 44.5 Å². The van der Waals surface area contributed by atoms with Gasteiger partial charge >= 0.3 is 0 Å². The van der Waals surface area contributed by atoms with Gasteiger partial charge in [0, 0.05) is 42.6 Å². The van der Waals surface area contributed by atoms with Crippen molar-refractivity contribution in [3.05, 3.63) is 234 Å². The van der Waals surface area contributed by atoms with Gasteiger partial charge in [-0.05, 0) is 145 Å². The predicted molar refractivity (Wildman–Crippen MR) is 260 cm³/mol. The molecular weight excluding hydrogens is 755 g/mol. The number of thiophene rings is 1. The number of benzene rings is 9. The maximum Gasteiger partial charge on any atom is 0.0467 e. The fraction of sp³-hybridized carbons (Fsp3) is 0.0847. The smallest absolute Gasteiger partial charge is 0.0467 e. The molecular formula is C59H43NS. The molecule has 12 rings (SSSR count). The lowest BCUT2D eigenvalue weighted by Gasteiger charge is -2.29. The van der Waals surface area contributed by atoms with Gasteiger partial charge in [0.1, 0.15) is 0 Å². The summed E-state index contributed by atoms with van der Waals surface area (Å²) in [7, 11) is 0. The van der Waals surface area contributed by atoms with E-state index in [1.54, 1.807) is 0 Å². The molecule has 2 aliphatic rings. The lowest BCUT2D eigenvalue weighted by atomic mass is 9.82. The summed E-state index contributed by atoms with van der Waals surface area (Å²) >= 11 is 1.87. The van der Waals surface area contributed by atoms with Crippen LogP contribution in [-0.2, 0) is 18.3 Å². The molecule has 0 N–H and O–H groups in total. The summed E-state index contributed by atoms with van der Waals surface area (Å²) in [4.78, 5) is 2.49. The second-order valence-corrected chi connectivity index (χ2v) is 18.3. The number of anilines is 3. The summed E-state index contributed by atoms with van der Waals surface area (Å²) < 4.78 is 2.65. The highest BCUT2D eigenvalue weighted by Crippen LogP contribution is 2.51. The van der Waals surface area contributed by atoms with Crippen molar-refractivity contribution in [2.24, 2.45) is 0 Å². The van der Waals surface area contributed by atoms with Gasteiger partial charge < -0.3 is 4.90 Å². The van der Waals surface area contributed by atoms with Crippen LogP contribution in [0.5, 0.6) is 0 Å². The fourth-order valence-corrected chi connectivity index (χ4v) is 11.4. The quantitative estimate of drug-likeness (QED) is 0.171. The molecule has 0 amide bonds. The van der Waals surface area contributed by atoms with Crippen molar-refractivity contribution in [2.75, 3.05) is 4.90 Å². The fourth-order valence-electron chi connectivity index (χ4n) is 10.4. The van der Waals surface area contributed by atoms with Gasteiger partial charge in [-0.1, -0.05) is 159 Å². The Morgan fingerprint density at radius 2 is 0.885 bits per heavy atom. The molecule has 9 aromatic carbocycles. The first kappa shape index (κ1) is 35.9. The second-order valence-electron chi connectivity index (χ2n) is 17.3. The third-order valence-electron chi connectivity index (χ3n) is 13.4. The molecule has 0 unspecified atom stereocenters. The Bertz CT molecular complexity index is 3360. The number of hydrogen-bond acceptors (Lipinski definition) is 2. The van der Waals surface area contributed by atoms with Crippen LogP contribution >= 0.6 is 11.3 Å². The summed E-state index contributed by atoms with van der Waals surface area (Å²) in [6, 6.07) is 75.2. The molecule has 290 valence electrons. The van der Waals surface area contributed by atoms with Crippen molar-refractivity contribution in [2.45, 2.75) is 32.1 Å². The average molecular weight is 798 g/mol. The molecule has 0 aliphatic heterocycles. The molecule has 1 heterocycles. The van der Waals surface area contributed by atoms with Gasteiger partial charge in [0.05, 0.1) is 0 Å². The van der Waals surface area contributed by atoms with Gasteiger partial charge in [-0.25, -0.2) is 0 Å². The summed E-state index contributed by atoms with van der Waals surface area (Å²) in [6.45, 7) is 4.75. The monoisotopic (exact) mass is 797 g/mol. The molecule has 61 heavy (non-hydrogen) atoms. The first-order valence-electron chi connectivity index (χ1n) is 21.4. The Kier molecular flexibility index (Phi) is 8.27. The molecule has 2 aliphatic carbocycles. The zero-order valence-corrected chi connectivity index (χ0v) is 35.1. The first-order chi connectivity index (χ1) is 30.0. The number of fused-ring (bicyclic) bond motifs is 12. The highest BCUT2D eigenvalue weighted by molar-refractivity contribution is 7.25. The highest BCUT2D eigenvalue weighted by Gasteiger charge is 2.36. The van der Waals surface area contributed by atoms with Gasteiger partial charge in [-0.15, -0.1) is 11.3 Å². The van der Waals surface area contributed by atoms with Crippen LogP contribution < -0.4 is 4.90 Å². The van der Waals surface area contributed by atoms with Gasteiger partial charge in [-0.3, -0.25) is 0 Å². The van der Waals surface area contributed by atoms with Crippen molar-refractivity contribution in [3.63, 3.8) is 0 Å². The second kappa shape index (κ2) is 14.0. The maximum atomic E-state index is 2.49. The molecule has 1 aromatic heterocycles. The average Bonchev–Trinajstić information content (AvgIpc) is 3.78. The summed E-state index contributed by atoms with van der Waals surface area (Å²) in [5.41, 5.74) is 21.8. The number of hydrogen-bond donors (Lipinski definition) is 0. The van der Waals surface area contributed by atoms with Crippen molar-refractivity contribution in [1.29, 1.82) is 0 Å². The number of rotatable bonds is 4. The Morgan fingerprint density at radius 3 is 1.62 bits per heavy atom. The molecule has 0 radical (unpaired) electrons. The molecule has 0 saturated carbocycles. The molecule has 0 bridgehead atoms. The summed E-state index contributed by atoms with van der Waals surface area (Å²) in [5.74, 6) is 0. The van der Waals surface area contributed by atoms with E-state index in [0.717, 1.165) is 29.9 Å². The van der Waals surface area contributed by atoms with E-state index in [1.165, 1.54) is 98.1 Å². The third-order valence-corrected chi connectivity index (χ3v) is 14.5. The minimum atomic E-state index is -0.124. The Balaban J connectivity index is 1.06. The van der Waals surface area contributed by atoms with E-state index < -0.39 is 0 Å². The van der Waals surface area contributed by atoms with E-state index in [1.807, 2.05) is 11.3 Å². The largest absolute Gasteiger partial charge is 0.310 e. The summed E-state index contributed by atoms with van der Waals surface area (Å²) in [5, 5.41) is 2.64. The minimum absolute atomic E-state index is 0.124. The van der Waals surface area contributed by atoms with Crippen LogP contribution in [0.2, 0.25) is 0 Å². The molecule has 0 saturated heterocycles. The van der Waals surface area contributed by atoms with E-state index in [-0.39, 0.29) is 5.41 Å². The standard InChI is InChI=1S/C59H43NS/c1-59(2)55-24-11-9-22-51(55)52-30-28-46(37-56(52)59)60(44-18-13-17-38(34-44)39-26-31-58-54(36-39)53-23-10-12-25-57(53)61-58)45-27-29-50-43(35-45)33-42-16-5-7-20-48(42)47-19-6-3-14-40(47)32-41-15-4-8-21-49(41)50/h3-31,34-37H,32-33H2,1-2H3. The lowest BCUT2D eigenvalue weighted by molar-refractivity contribution is 0.660. The minimum Gasteiger partial charge on any atom is -0.310 e. The van der Waals surface area contributed by atoms with Crippen LogP contribution in [0.3, 0.4) is 0 Å². The zero-order valence-electron chi connectivity index (χ0n) is 34.3. The molecule has 10 aromatic rings. The number of nitrogens with zero attached hydrogens (tertiary/aromatic N) is 1. The van der Waals surface area contributed by atoms with Gasteiger partial charge in [-0.2, -0.15) is 0 Å². The Hall–Kier alpha value is -7.00. The van der Waals surface area contributed by atoms with Crippen LogP contribution in [-0.4, -0.2) is 0 Å². The van der Waals surface area contributed by atoms with Gasteiger partial charge in [0.15, 0.2) is 0 Å². The molecule has 1 nitrogen and oxygen atoms in total. The topological polar surface area (TPSA) is 3.24 Å². The maximum absolute atomic E-state index is 2.49. The van der Waals surface area contributed by atoms with Crippen molar-refractivity contribution >= 4 is 48.6 Å². The molecule has 0 spiro atoms. The first-order valence-corrected chi connectivity index (χ1v) is 22.2.